The van der Waals surface area contributed by atoms with E-state index in [0.717, 1.165) is 11.3 Å². The van der Waals surface area contributed by atoms with E-state index in [0.29, 0.717) is 10.6 Å². The molecular formula is C13H13ClFNS. The first-order valence-electron chi connectivity index (χ1n) is 5.41. The smallest absolute Gasteiger partial charge is 0.123 e. The van der Waals surface area contributed by atoms with Gasteiger partial charge in [0.2, 0.25) is 0 Å². The van der Waals surface area contributed by atoms with Crippen molar-refractivity contribution in [2.75, 3.05) is 0 Å². The van der Waals surface area contributed by atoms with Crippen molar-refractivity contribution in [3.63, 3.8) is 0 Å². The van der Waals surface area contributed by atoms with Crippen LogP contribution in [-0.4, -0.2) is 0 Å². The van der Waals surface area contributed by atoms with Gasteiger partial charge in [0.05, 0.1) is 6.04 Å². The van der Waals surface area contributed by atoms with E-state index in [1.54, 1.807) is 17.4 Å². The van der Waals surface area contributed by atoms with Gasteiger partial charge in [-0.05, 0) is 42.3 Å². The van der Waals surface area contributed by atoms with E-state index in [1.165, 1.54) is 17.0 Å². The molecule has 2 N–H and O–H groups in total. The Labute approximate surface area is 109 Å². The molecule has 90 valence electrons. The number of benzene rings is 1. The molecule has 0 fully saturated rings. The zero-order chi connectivity index (χ0) is 12.4. The van der Waals surface area contributed by atoms with Gasteiger partial charge in [0.1, 0.15) is 5.82 Å². The summed E-state index contributed by atoms with van der Waals surface area (Å²) in [4.78, 5) is 2.28. The molecule has 1 aromatic heterocycles. The molecule has 0 aliphatic rings. The summed E-state index contributed by atoms with van der Waals surface area (Å²) in [7, 11) is 0. The summed E-state index contributed by atoms with van der Waals surface area (Å²) >= 11 is 7.68. The number of thiophene rings is 1. The Balaban J connectivity index is 2.35. The number of nitrogens with two attached hydrogens (primary N) is 1. The number of aryl methyl sites for hydroxylation is 1. The van der Waals surface area contributed by atoms with Crippen molar-refractivity contribution in [1.29, 1.82) is 0 Å². The SMILES string of the molecule is CCc1ccc(C(N)c2cc(F)ccc2Cl)s1. The van der Waals surface area contributed by atoms with Crippen LogP contribution in [0.2, 0.25) is 5.02 Å². The summed E-state index contributed by atoms with van der Waals surface area (Å²) in [5, 5.41) is 0.505. The van der Waals surface area contributed by atoms with Gasteiger partial charge in [0, 0.05) is 14.8 Å². The molecule has 0 saturated carbocycles. The van der Waals surface area contributed by atoms with Gasteiger partial charge in [0.15, 0.2) is 0 Å². The van der Waals surface area contributed by atoms with Crippen molar-refractivity contribution in [2.45, 2.75) is 19.4 Å². The monoisotopic (exact) mass is 269 g/mol. The third-order valence-corrected chi connectivity index (χ3v) is 4.29. The minimum absolute atomic E-state index is 0.313. The molecule has 4 heteroatoms. The van der Waals surface area contributed by atoms with Crippen LogP contribution in [0.5, 0.6) is 0 Å². The highest BCUT2D eigenvalue weighted by Gasteiger charge is 2.15. The topological polar surface area (TPSA) is 26.0 Å². The minimum atomic E-state index is -0.358. The van der Waals surface area contributed by atoms with Crippen molar-refractivity contribution < 1.29 is 4.39 Å². The van der Waals surface area contributed by atoms with E-state index in [9.17, 15) is 4.39 Å². The van der Waals surface area contributed by atoms with Crippen molar-refractivity contribution >= 4 is 22.9 Å². The molecule has 1 heterocycles. The highest BCUT2D eigenvalue weighted by atomic mass is 35.5. The van der Waals surface area contributed by atoms with Gasteiger partial charge < -0.3 is 5.73 Å². The standard InChI is InChI=1S/C13H13ClFNS/c1-2-9-4-6-12(17-9)13(16)10-7-8(15)3-5-11(10)14/h3-7,13H,2,16H2,1H3. The van der Waals surface area contributed by atoms with Gasteiger partial charge >= 0.3 is 0 Å². The predicted molar refractivity (Wildman–Crippen MR) is 71.1 cm³/mol. The molecule has 1 unspecified atom stereocenters. The maximum absolute atomic E-state index is 13.2. The third kappa shape index (κ3) is 2.68. The largest absolute Gasteiger partial charge is 0.320 e. The van der Waals surface area contributed by atoms with Crippen molar-refractivity contribution in [1.82, 2.24) is 0 Å². The molecule has 1 atom stereocenters. The maximum Gasteiger partial charge on any atom is 0.123 e. The van der Waals surface area contributed by atoms with Crippen LogP contribution in [0, 0.1) is 5.82 Å². The molecule has 1 aromatic carbocycles. The molecular weight excluding hydrogens is 257 g/mol. The van der Waals surface area contributed by atoms with E-state index in [2.05, 4.69) is 6.92 Å². The van der Waals surface area contributed by atoms with Gasteiger partial charge in [-0.25, -0.2) is 4.39 Å². The van der Waals surface area contributed by atoms with Crippen LogP contribution in [0.4, 0.5) is 4.39 Å². The van der Waals surface area contributed by atoms with Gasteiger partial charge in [0.25, 0.3) is 0 Å². The Morgan fingerprint density at radius 2 is 2.12 bits per heavy atom. The Kier molecular flexibility index (Phi) is 3.82. The second-order valence-corrected chi connectivity index (χ2v) is 5.41. The van der Waals surface area contributed by atoms with Gasteiger partial charge in [-0.2, -0.15) is 0 Å². The molecule has 0 aliphatic heterocycles. The molecule has 0 amide bonds. The first-order chi connectivity index (χ1) is 8.11. The second kappa shape index (κ2) is 5.17. The number of rotatable bonds is 3. The Morgan fingerprint density at radius 3 is 2.76 bits per heavy atom. The summed E-state index contributed by atoms with van der Waals surface area (Å²) < 4.78 is 13.2. The maximum atomic E-state index is 13.2. The number of hydrogen-bond acceptors (Lipinski definition) is 2. The first-order valence-corrected chi connectivity index (χ1v) is 6.60. The fraction of sp³-hybridized carbons (Fsp3) is 0.231. The summed E-state index contributed by atoms with van der Waals surface area (Å²) in [6.07, 6.45) is 0.980. The number of hydrogen-bond donors (Lipinski definition) is 1. The van der Waals surface area contributed by atoms with Crippen LogP contribution in [0.1, 0.15) is 28.3 Å². The Bertz CT molecular complexity index is 524. The lowest BCUT2D eigenvalue weighted by atomic mass is 10.1. The van der Waals surface area contributed by atoms with Crippen LogP contribution in [-0.2, 0) is 6.42 Å². The molecule has 0 spiro atoms. The van der Waals surface area contributed by atoms with Crippen molar-refractivity contribution in [2.24, 2.45) is 5.73 Å². The molecule has 0 bridgehead atoms. The van der Waals surface area contributed by atoms with Crippen molar-refractivity contribution in [3.8, 4) is 0 Å². The predicted octanol–water partition coefficient (Wildman–Crippen LogP) is 4.15. The lowest BCUT2D eigenvalue weighted by molar-refractivity contribution is 0.624. The fourth-order valence-corrected chi connectivity index (χ4v) is 2.87. The van der Waals surface area contributed by atoms with E-state index in [-0.39, 0.29) is 11.9 Å². The van der Waals surface area contributed by atoms with Gasteiger partial charge in [-0.3, -0.25) is 0 Å². The van der Waals surface area contributed by atoms with E-state index in [1.807, 2.05) is 12.1 Å². The fourth-order valence-electron chi connectivity index (χ4n) is 1.66. The first kappa shape index (κ1) is 12.6. The minimum Gasteiger partial charge on any atom is -0.320 e. The summed E-state index contributed by atoms with van der Waals surface area (Å²) in [5.74, 6) is -0.313. The molecule has 2 aromatic rings. The zero-order valence-corrected chi connectivity index (χ0v) is 11.0. The van der Waals surface area contributed by atoms with E-state index < -0.39 is 0 Å². The van der Waals surface area contributed by atoms with Gasteiger partial charge in [-0.1, -0.05) is 18.5 Å². The summed E-state index contributed by atoms with van der Waals surface area (Å²) in [6.45, 7) is 2.09. The zero-order valence-electron chi connectivity index (χ0n) is 9.41. The van der Waals surface area contributed by atoms with Crippen LogP contribution < -0.4 is 5.73 Å². The second-order valence-electron chi connectivity index (χ2n) is 3.80. The molecule has 0 aliphatic carbocycles. The van der Waals surface area contributed by atoms with Crippen LogP contribution in [0.3, 0.4) is 0 Å². The third-order valence-electron chi connectivity index (χ3n) is 2.63. The highest BCUT2D eigenvalue weighted by Crippen LogP contribution is 2.31. The lowest BCUT2D eigenvalue weighted by Gasteiger charge is -2.12. The van der Waals surface area contributed by atoms with Gasteiger partial charge in [-0.15, -0.1) is 11.3 Å². The van der Waals surface area contributed by atoms with E-state index >= 15 is 0 Å². The lowest BCUT2D eigenvalue weighted by Crippen LogP contribution is -2.11. The number of halogens is 2. The van der Waals surface area contributed by atoms with Crippen molar-refractivity contribution in [3.05, 3.63) is 56.5 Å². The average molecular weight is 270 g/mol. The molecule has 1 nitrogen and oxygen atoms in total. The quantitative estimate of drug-likeness (QED) is 0.890. The molecule has 0 saturated heterocycles. The normalized spacial score (nSPS) is 12.7. The Hall–Kier alpha value is -0.900. The van der Waals surface area contributed by atoms with E-state index in [4.69, 9.17) is 17.3 Å². The molecule has 17 heavy (non-hydrogen) atoms. The highest BCUT2D eigenvalue weighted by molar-refractivity contribution is 7.12. The summed E-state index contributed by atoms with van der Waals surface area (Å²) in [6, 6.07) is 7.95. The van der Waals surface area contributed by atoms with Crippen LogP contribution >= 0.6 is 22.9 Å². The summed E-state index contributed by atoms with van der Waals surface area (Å²) in [5.41, 5.74) is 6.75. The average Bonchev–Trinajstić information content (AvgIpc) is 2.80. The Morgan fingerprint density at radius 1 is 1.35 bits per heavy atom. The van der Waals surface area contributed by atoms with Crippen LogP contribution in [0.15, 0.2) is 30.3 Å². The molecule has 0 radical (unpaired) electrons. The van der Waals surface area contributed by atoms with Crippen LogP contribution in [0.25, 0.3) is 0 Å². The molecule has 2 rings (SSSR count).